The molecule has 0 nitrogen and oxygen atoms in total. The first-order valence-electron chi connectivity index (χ1n) is 1.83. The molecule has 0 aromatic rings. The summed E-state index contributed by atoms with van der Waals surface area (Å²) >= 11 is 3.23. The van der Waals surface area contributed by atoms with Crippen LogP contribution >= 0.6 is 15.9 Å². The molecule has 6 heavy (non-hydrogen) atoms. The van der Waals surface area contributed by atoms with Crippen molar-refractivity contribution in [2.45, 2.75) is 6.92 Å². The molecule has 0 aromatic heterocycles. The van der Waals surface area contributed by atoms with Gasteiger partial charge in [0.15, 0.2) is 0 Å². The van der Waals surface area contributed by atoms with Crippen molar-refractivity contribution < 1.29 is 0 Å². The number of hydrogen-bond acceptors (Lipinski definition) is 0. The van der Waals surface area contributed by atoms with Crippen LogP contribution in [0, 0.1) is 18.3 Å². The predicted molar refractivity (Wildman–Crippen MR) is 31.8 cm³/mol. The third-order valence-corrected chi connectivity index (χ3v) is 1.49. The Morgan fingerprint density at radius 3 is 2.50 bits per heavy atom. The third-order valence-electron chi connectivity index (χ3n) is 0.516. The fourth-order valence-electron chi connectivity index (χ4n) is 0.0445. The van der Waals surface area contributed by atoms with Gasteiger partial charge in [0.1, 0.15) is 0 Å². The van der Waals surface area contributed by atoms with Crippen LogP contribution in [-0.4, -0.2) is 5.33 Å². The average Bonchev–Trinajstić information content (AvgIpc) is 1.65. The van der Waals surface area contributed by atoms with Crippen LogP contribution in [0.4, 0.5) is 0 Å². The predicted octanol–water partition coefficient (Wildman–Crippen LogP) is 1.65. The van der Waals surface area contributed by atoms with Gasteiger partial charge < -0.3 is 0 Å². The first-order chi connectivity index (χ1) is 2.81. The van der Waals surface area contributed by atoms with Crippen molar-refractivity contribution in [3.05, 3.63) is 0 Å². The first kappa shape index (κ1) is 6.04. The Morgan fingerprint density at radius 2 is 2.50 bits per heavy atom. The van der Waals surface area contributed by atoms with Crippen LogP contribution in [-0.2, 0) is 0 Å². The molecule has 1 atom stereocenters. The Hall–Kier alpha value is 0.0400. The van der Waals surface area contributed by atoms with E-state index in [1.807, 2.05) is 6.92 Å². The van der Waals surface area contributed by atoms with Gasteiger partial charge in [-0.3, -0.25) is 0 Å². The van der Waals surface area contributed by atoms with Crippen LogP contribution in [0.5, 0.6) is 0 Å². The van der Waals surface area contributed by atoms with E-state index in [-0.39, 0.29) is 0 Å². The second-order valence-corrected chi connectivity index (χ2v) is 1.87. The van der Waals surface area contributed by atoms with Gasteiger partial charge in [0.2, 0.25) is 0 Å². The van der Waals surface area contributed by atoms with Gasteiger partial charge in [-0.2, -0.15) is 0 Å². The molecule has 0 aliphatic heterocycles. The molecule has 0 aliphatic rings. The van der Waals surface area contributed by atoms with E-state index in [1.54, 1.807) is 0 Å². The molecule has 0 saturated carbocycles. The largest absolute Gasteiger partial charge is 0.120 e. The summed E-state index contributed by atoms with van der Waals surface area (Å²) in [4.78, 5) is 0. The van der Waals surface area contributed by atoms with Gasteiger partial charge in [-0.1, -0.05) is 22.9 Å². The molecular formula is C5H7Br. The van der Waals surface area contributed by atoms with Crippen LogP contribution in [0.15, 0.2) is 0 Å². The van der Waals surface area contributed by atoms with E-state index in [2.05, 4.69) is 21.9 Å². The lowest BCUT2D eigenvalue weighted by atomic mass is 10.2. The minimum absolute atomic E-state index is 0.380. The van der Waals surface area contributed by atoms with Gasteiger partial charge in [0.25, 0.3) is 0 Å². The Labute approximate surface area is 47.1 Å². The Balaban J connectivity index is 3.04. The van der Waals surface area contributed by atoms with Crippen molar-refractivity contribution in [1.29, 1.82) is 0 Å². The molecule has 0 bridgehead atoms. The van der Waals surface area contributed by atoms with Gasteiger partial charge in [0, 0.05) is 11.2 Å². The molecule has 0 aliphatic carbocycles. The number of alkyl halides is 1. The summed E-state index contributed by atoms with van der Waals surface area (Å²) < 4.78 is 0. The lowest BCUT2D eigenvalue weighted by Crippen LogP contribution is -1.86. The zero-order valence-corrected chi connectivity index (χ0v) is 5.33. The van der Waals surface area contributed by atoms with E-state index in [9.17, 15) is 0 Å². The SMILES string of the molecule is C#C[C@H](C)CBr. The molecular weight excluding hydrogens is 140 g/mol. The molecule has 0 aromatic carbocycles. The van der Waals surface area contributed by atoms with Gasteiger partial charge in [-0.15, -0.1) is 12.3 Å². The van der Waals surface area contributed by atoms with Crippen molar-refractivity contribution >= 4 is 15.9 Å². The summed E-state index contributed by atoms with van der Waals surface area (Å²) in [6.45, 7) is 1.99. The Morgan fingerprint density at radius 1 is 2.00 bits per heavy atom. The summed E-state index contributed by atoms with van der Waals surface area (Å²) in [5.41, 5.74) is 0. The van der Waals surface area contributed by atoms with E-state index in [4.69, 9.17) is 6.42 Å². The third kappa shape index (κ3) is 2.29. The van der Waals surface area contributed by atoms with Gasteiger partial charge in [0.05, 0.1) is 0 Å². The van der Waals surface area contributed by atoms with Crippen molar-refractivity contribution in [3.63, 3.8) is 0 Å². The highest BCUT2D eigenvalue weighted by Crippen LogP contribution is 1.94. The van der Waals surface area contributed by atoms with Crippen LogP contribution in [0.1, 0.15) is 6.92 Å². The zero-order chi connectivity index (χ0) is 4.99. The molecule has 0 rings (SSSR count). The van der Waals surface area contributed by atoms with Crippen molar-refractivity contribution in [2.24, 2.45) is 5.92 Å². The minimum Gasteiger partial charge on any atom is -0.120 e. The maximum atomic E-state index is 5.00. The van der Waals surface area contributed by atoms with Crippen LogP contribution in [0.2, 0.25) is 0 Å². The van der Waals surface area contributed by atoms with Gasteiger partial charge in [-0.25, -0.2) is 0 Å². The van der Waals surface area contributed by atoms with E-state index in [0.717, 1.165) is 5.33 Å². The van der Waals surface area contributed by atoms with Crippen molar-refractivity contribution in [1.82, 2.24) is 0 Å². The topological polar surface area (TPSA) is 0 Å². The average molecular weight is 147 g/mol. The fourth-order valence-corrected chi connectivity index (χ4v) is 0.231. The molecule has 0 amide bonds. The highest BCUT2D eigenvalue weighted by atomic mass is 79.9. The van der Waals surface area contributed by atoms with Crippen LogP contribution < -0.4 is 0 Å². The van der Waals surface area contributed by atoms with E-state index in [0.29, 0.717) is 5.92 Å². The molecule has 0 heterocycles. The summed E-state index contributed by atoms with van der Waals surface area (Å²) in [6.07, 6.45) is 5.00. The number of rotatable bonds is 1. The molecule has 0 unspecified atom stereocenters. The quantitative estimate of drug-likeness (QED) is 0.390. The fraction of sp³-hybridized carbons (Fsp3) is 0.600. The first-order valence-corrected chi connectivity index (χ1v) is 2.95. The summed E-state index contributed by atoms with van der Waals surface area (Å²) in [7, 11) is 0. The van der Waals surface area contributed by atoms with Crippen LogP contribution in [0.3, 0.4) is 0 Å². The normalized spacial score (nSPS) is 12.8. The number of terminal acetylenes is 1. The number of halogens is 1. The maximum absolute atomic E-state index is 5.00. The van der Waals surface area contributed by atoms with Crippen molar-refractivity contribution in [3.8, 4) is 12.3 Å². The second-order valence-electron chi connectivity index (χ2n) is 1.22. The molecule has 0 spiro atoms. The highest BCUT2D eigenvalue weighted by Gasteiger charge is 1.86. The zero-order valence-electron chi connectivity index (χ0n) is 3.74. The summed E-state index contributed by atoms with van der Waals surface area (Å²) in [5.74, 6) is 2.95. The lowest BCUT2D eigenvalue weighted by molar-refractivity contribution is 0.892. The smallest absolute Gasteiger partial charge is 0.0268 e. The second kappa shape index (κ2) is 3.24. The van der Waals surface area contributed by atoms with Crippen molar-refractivity contribution in [2.75, 3.05) is 5.33 Å². The molecule has 0 N–H and O–H groups in total. The van der Waals surface area contributed by atoms with E-state index in [1.165, 1.54) is 0 Å². The van der Waals surface area contributed by atoms with Gasteiger partial charge in [-0.05, 0) is 0 Å². The van der Waals surface area contributed by atoms with Gasteiger partial charge >= 0.3 is 0 Å². The Kier molecular flexibility index (Phi) is 3.26. The monoisotopic (exact) mass is 146 g/mol. The maximum Gasteiger partial charge on any atom is 0.0268 e. The molecule has 1 heteroatoms. The van der Waals surface area contributed by atoms with Crippen LogP contribution in [0.25, 0.3) is 0 Å². The minimum atomic E-state index is 0.380. The summed E-state index contributed by atoms with van der Waals surface area (Å²) in [6, 6.07) is 0. The lowest BCUT2D eigenvalue weighted by Gasteiger charge is -1.89. The molecule has 0 radical (unpaired) electrons. The molecule has 0 fully saturated rings. The number of hydrogen-bond donors (Lipinski definition) is 0. The molecule has 0 saturated heterocycles. The molecule has 34 valence electrons. The highest BCUT2D eigenvalue weighted by molar-refractivity contribution is 9.09. The van der Waals surface area contributed by atoms with E-state index >= 15 is 0 Å². The van der Waals surface area contributed by atoms with E-state index < -0.39 is 0 Å². The summed E-state index contributed by atoms with van der Waals surface area (Å²) in [5, 5.41) is 0.906. The standard InChI is InChI=1S/C5H7Br/c1-3-5(2)4-6/h1,5H,4H2,2H3/t5-/m0/s1. The Bertz CT molecular complexity index is 60.8.